The molecule has 2 aromatic rings. The maximum Gasteiger partial charge on any atom is 0.337 e. The molecule has 7 nitrogen and oxygen atoms in total. The molecular weight excluding hydrogens is 399 g/mol. The van der Waals surface area contributed by atoms with Crippen LogP contribution in [0.15, 0.2) is 48.5 Å². The summed E-state index contributed by atoms with van der Waals surface area (Å²) in [5, 5.41) is 0. The number of para-hydroxylation sites is 1. The van der Waals surface area contributed by atoms with E-state index in [1.165, 1.54) is 29.0 Å². The minimum Gasteiger partial charge on any atom is -0.465 e. The van der Waals surface area contributed by atoms with Crippen molar-refractivity contribution in [2.24, 2.45) is 0 Å². The Morgan fingerprint density at radius 2 is 1.76 bits per heavy atom. The van der Waals surface area contributed by atoms with Crippen molar-refractivity contribution in [1.82, 2.24) is 4.90 Å². The van der Waals surface area contributed by atoms with Crippen molar-refractivity contribution in [2.45, 2.75) is 6.54 Å². The zero-order valence-electron chi connectivity index (χ0n) is 15.9. The fraction of sp³-hybridized carbons (Fsp3) is 0.300. The summed E-state index contributed by atoms with van der Waals surface area (Å²) in [4.78, 5) is 27.5. The molecule has 1 fully saturated rings. The van der Waals surface area contributed by atoms with Gasteiger partial charge >= 0.3 is 12.0 Å². The van der Waals surface area contributed by atoms with E-state index in [4.69, 9.17) is 0 Å². The molecule has 1 heterocycles. The highest BCUT2D eigenvalue weighted by Crippen LogP contribution is 2.22. The van der Waals surface area contributed by atoms with Gasteiger partial charge in [0.15, 0.2) is 9.84 Å². The molecule has 1 aliphatic rings. The zero-order chi connectivity index (χ0) is 21.0. The molecule has 0 bridgehead atoms. The van der Waals surface area contributed by atoms with Crippen molar-refractivity contribution in [2.75, 3.05) is 36.6 Å². The smallest absolute Gasteiger partial charge is 0.337 e. The predicted octanol–water partition coefficient (Wildman–Crippen LogP) is 2.47. The Morgan fingerprint density at radius 3 is 2.34 bits per heavy atom. The van der Waals surface area contributed by atoms with Crippen molar-refractivity contribution in [3.8, 4) is 0 Å². The fourth-order valence-electron chi connectivity index (χ4n) is 3.04. The van der Waals surface area contributed by atoms with E-state index in [0.717, 1.165) is 6.07 Å². The number of amides is 2. The molecule has 0 radical (unpaired) electrons. The second-order valence-corrected chi connectivity index (χ2v) is 8.94. The Balaban J connectivity index is 1.87. The third-order valence-electron chi connectivity index (χ3n) is 4.72. The van der Waals surface area contributed by atoms with Gasteiger partial charge in [-0.1, -0.05) is 24.3 Å². The van der Waals surface area contributed by atoms with Crippen LogP contribution >= 0.6 is 0 Å². The number of urea groups is 1. The second-order valence-electron chi connectivity index (χ2n) is 6.64. The number of esters is 1. The van der Waals surface area contributed by atoms with Gasteiger partial charge in [0, 0.05) is 24.3 Å². The van der Waals surface area contributed by atoms with Gasteiger partial charge in [0.05, 0.1) is 30.7 Å². The quantitative estimate of drug-likeness (QED) is 0.710. The number of benzene rings is 2. The normalized spacial score (nSPS) is 15.6. The molecule has 0 aliphatic carbocycles. The molecule has 2 aromatic carbocycles. The molecule has 0 saturated carbocycles. The van der Waals surface area contributed by atoms with Crippen molar-refractivity contribution < 1.29 is 27.1 Å². The molecule has 0 atom stereocenters. The maximum atomic E-state index is 14.6. The maximum absolute atomic E-state index is 14.6. The molecular formula is C20H21FN2O5S. The summed E-state index contributed by atoms with van der Waals surface area (Å²) in [6.07, 6.45) is 0. The lowest BCUT2D eigenvalue weighted by Crippen LogP contribution is -2.49. The Labute approximate surface area is 168 Å². The van der Waals surface area contributed by atoms with Crippen molar-refractivity contribution in [1.29, 1.82) is 0 Å². The number of ether oxygens (including phenoxy) is 1. The average molecular weight is 420 g/mol. The summed E-state index contributed by atoms with van der Waals surface area (Å²) in [5.74, 6) is -1.48. The number of methoxy groups -OCH3 is 1. The number of hydrogen-bond donors (Lipinski definition) is 0. The zero-order valence-corrected chi connectivity index (χ0v) is 16.7. The van der Waals surface area contributed by atoms with E-state index in [-0.39, 0.29) is 42.3 Å². The Hall–Kier alpha value is -2.94. The number of carbonyl (C=O) groups excluding carboxylic acids is 2. The van der Waals surface area contributed by atoms with Gasteiger partial charge < -0.3 is 9.64 Å². The van der Waals surface area contributed by atoms with Gasteiger partial charge in [0.25, 0.3) is 0 Å². The molecule has 0 aromatic heterocycles. The number of nitrogens with zero attached hydrogens (tertiary/aromatic N) is 2. The topological polar surface area (TPSA) is 84.0 Å². The van der Waals surface area contributed by atoms with Gasteiger partial charge in [-0.3, -0.25) is 4.90 Å². The summed E-state index contributed by atoms with van der Waals surface area (Å²) in [7, 11) is -1.93. The van der Waals surface area contributed by atoms with Gasteiger partial charge in [-0.05, 0) is 24.3 Å². The Bertz CT molecular complexity index is 997. The first-order valence-electron chi connectivity index (χ1n) is 8.99. The highest BCUT2D eigenvalue weighted by Gasteiger charge is 2.29. The minimum atomic E-state index is -3.14. The van der Waals surface area contributed by atoms with Gasteiger partial charge in [0.1, 0.15) is 5.82 Å². The van der Waals surface area contributed by atoms with Crippen molar-refractivity contribution >= 4 is 27.5 Å². The van der Waals surface area contributed by atoms with E-state index >= 15 is 0 Å². The number of rotatable bonds is 4. The summed E-state index contributed by atoms with van der Waals surface area (Å²) >= 11 is 0. The largest absolute Gasteiger partial charge is 0.465 e. The number of sulfone groups is 1. The van der Waals surface area contributed by atoms with Crippen molar-refractivity contribution in [3.05, 3.63) is 65.5 Å². The van der Waals surface area contributed by atoms with E-state index < -0.39 is 27.7 Å². The molecule has 3 rings (SSSR count). The minimum absolute atomic E-state index is 0.0701. The van der Waals surface area contributed by atoms with E-state index in [0.29, 0.717) is 5.69 Å². The standard InChI is InChI=1S/C20H21FN2O5S/c1-28-19(24)15-7-8-16(18(21)13-15)14-23(17-5-3-2-4-6-17)20(25)22-9-11-29(26,27)12-10-22/h2-8,13H,9-12,14H2,1H3. The molecule has 9 heteroatoms. The summed E-state index contributed by atoms with van der Waals surface area (Å²) in [5.41, 5.74) is 0.856. The van der Waals surface area contributed by atoms with Crippen LogP contribution in [-0.4, -0.2) is 57.0 Å². The molecule has 0 unspecified atom stereocenters. The first-order chi connectivity index (χ1) is 13.8. The van der Waals surface area contributed by atoms with Crippen LogP contribution < -0.4 is 4.90 Å². The van der Waals surface area contributed by atoms with Gasteiger partial charge in [-0.25, -0.2) is 22.4 Å². The Kier molecular flexibility index (Phi) is 6.17. The van der Waals surface area contributed by atoms with Crippen LogP contribution in [0.5, 0.6) is 0 Å². The van der Waals surface area contributed by atoms with Gasteiger partial charge in [-0.15, -0.1) is 0 Å². The summed E-state index contributed by atoms with van der Waals surface area (Å²) in [6, 6.07) is 12.3. The summed E-state index contributed by atoms with van der Waals surface area (Å²) < 4.78 is 42.5. The summed E-state index contributed by atoms with van der Waals surface area (Å²) in [6.45, 7) is 0.113. The van der Waals surface area contributed by atoms with E-state index in [1.807, 2.05) is 0 Å². The molecule has 1 aliphatic heterocycles. The van der Waals surface area contributed by atoms with Crippen LogP contribution in [0.2, 0.25) is 0 Å². The molecule has 29 heavy (non-hydrogen) atoms. The number of halogens is 1. The SMILES string of the molecule is COC(=O)c1ccc(CN(C(=O)N2CCS(=O)(=O)CC2)c2ccccc2)c(F)c1. The van der Waals surface area contributed by atoms with Crippen LogP contribution in [-0.2, 0) is 21.1 Å². The number of carbonyl (C=O) groups is 2. The lowest BCUT2D eigenvalue weighted by molar-refractivity contribution is 0.0600. The van der Waals surface area contributed by atoms with Crippen LogP contribution in [0.25, 0.3) is 0 Å². The van der Waals surface area contributed by atoms with Crippen LogP contribution in [0, 0.1) is 5.82 Å². The monoisotopic (exact) mass is 420 g/mol. The van der Waals surface area contributed by atoms with Crippen LogP contribution in [0.3, 0.4) is 0 Å². The van der Waals surface area contributed by atoms with Gasteiger partial charge in [-0.2, -0.15) is 0 Å². The molecule has 154 valence electrons. The number of anilines is 1. The van der Waals surface area contributed by atoms with Crippen molar-refractivity contribution in [3.63, 3.8) is 0 Å². The molecule has 0 spiro atoms. The predicted molar refractivity (Wildman–Crippen MR) is 106 cm³/mol. The molecule has 2 amide bonds. The van der Waals surface area contributed by atoms with Crippen LogP contribution in [0.4, 0.5) is 14.9 Å². The second kappa shape index (κ2) is 8.60. The van der Waals surface area contributed by atoms with E-state index in [9.17, 15) is 22.4 Å². The van der Waals surface area contributed by atoms with E-state index in [2.05, 4.69) is 4.74 Å². The van der Waals surface area contributed by atoms with E-state index in [1.54, 1.807) is 30.3 Å². The highest BCUT2D eigenvalue weighted by molar-refractivity contribution is 7.91. The Morgan fingerprint density at radius 1 is 1.10 bits per heavy atom. The number of hydrogen-bond acceptors (Lipinski definition) is 5. The van der Waals surface area contributed by atoms with Gasteiger partial charge in [0.2, 0.25) is 0 Å². The lowest BCUT2D eigenvalue weighted by Gasteiger charge is -2.33. The third-order valence-corrected chi connectivity index (χ3v) is 6.33. The molecule has 1 saturated heterocycles. The average Bonchev–Trinajstić information content (AvgIpc) is 2.72. The molecule has 0 N–H and O–H groups in total. The first kappa shape index (κ1) is 20.8. The first-order valence-corrected chi connectivity index (χ1v) is 10.8. The lowest BCUT2D eigenvalue weighted by atomic mass is 10.1. The highest BCUT2D eigenvalue weighted by atomic mass is 32.2. The third kappa shape index (κ3) is 4.92. The fourth-order valence-corrected chi connectivity index (χ4v) is 4.24. The van der Waals surface area contributed by atoms with Crippen LogP contribution in [0.1, 0.15) is 15.9 Å².